The largest absolute Gasteiger partial charge is 0.573 e. The lowest BCUT2D eigenvalue weighted by molar-refractivity contribution is -0.275. The third-order valence-electron chi connectivity index (χ3n) is 4.22. The van der Waals surface area contributed by atoms with Crippen molar-refractivity contribution in [2.45, 2.75) is 25.2 Å². The Balaban J connectivity index is 1.81. The molecule has 2 aromatic rings. The van der Waals surface area contributed by atoms with Gasteiger partial charge in [0, 0.05) is 36.7 Å². The molecule has 1 atom stereocenters. The van der Waals surface area contributed by atoms with Gasteiger partial charge in [-0.05, 0) is 12.8 Å². The van der Waals surface area contributed by atoms with Crippen molar-refractivity contribution in [1.82, 2.24) is 19.6 Å². The number of rotatable bonds is 5. The molecule has 3 rings (SSSR count). The van der Waals surface area contributed by atoms with Crippen molar-refractivity contribution in [3.8, 4) is 5.75 Å². The molecule has 2 N–H and O–H groups in total. The van der Waals surface area contributed by atoms with E-state index in [1.165, 1.54) is 4.90 Å². The summed E-state index contributed by atoms with van der Waals surface area (Å²) >= 11 is 0. The van der Waals surface area contributed by atoms with Gasteiger partial charge in [0.1, 0.15) is 0 Å². The Bertz CT molecular complexity index is 1050. The van der Waals surface area contributed by atoms with Gasteiger partial charge < -0.3 is 14.6 Å². The molecule has 1 aliphatic heterocycles. The molecule has 0 spiro atoms. The molecule has 2 heterocycles. The number of ether oxygens (including phenoxy) is 1. The van der Waals surface area contributed by atoms with E-state index in [1.54, 1.807) is 0 Å². The quantitative estimate of drug-likeness (QED) is 0.700. The molecule has 29 heavy (non-hydrogen) atoms. The summed E-state index contributed by atoms with van der Waals surface area (Å²) in [4.78, 5) is 20.5. The fourth-order valence-electron chi connectivity index (χ4n) is 3.00. The van der Waals surface area contributed by atoms with Crippen molar-refractivity contribution in [3.63, 3.8) is 0 Å². The number of halogens is 4. The Hall–Kier alpha value is -2.67. The second kappa shape index (κ2) is 7.63. The number of fused-ring (bicyclic) bond motifs is 1. The summed E-state index contributed by atoms with van der Waals surface area (Å²) in [5, 5.41) is 0.766. The minimum Gasteiger partial charge on any atom is -0.403 e. The van der Waals surface area contributed by atoms with Gasteiger partial charge in [-0.2, -0.15) is 0 Å². The van der Waals surface area contributed by atoms with Gasteiger partial charge in [0.05, 0.1) is 11.0 Å². The summed E-state index contributed by atoms with van der Waals surface area (Å²) in [6.45, 7) is 3.60. The Labute approximate surface area is 162 Å². The summed E-state index contributed by atoms with van der Waals surface area (Å²) < 4.78 is 80.1. The summed E-state index contributed by atoms with van der Waals surface area (Å²) in [6.07, 6.45) is -4.04. The zero-order valence-electron chi connectivity index (χ0n) is 14.8. The lowest BCUT2D eigenvalue weighted by Gasteiger charge is -2.32. The number of aromatic nitrogens is 2. The van der Waals surface area contributed by atoms with E-state index in [2.05, 4.69) is 26.0 Å². The second-order valence-corrected chi connectivity index (χ2v) is 8.01. The normalized spacial score (nSPS) is 18.1. The zero-order valence-corrected chi connectivity index (χ0v) is 15.6. The molecule has 1 saturated heterocycles. The molecule has 0 unspecified atom stereocenters. The Kier molecular flexibility index (Phi) is 5.54. The molecule has 1 aliphatic rings. The fraction of sp³-hybridized carbons (Fsp3) is 0.375. The van der Waals surface area contributed by atoms with Crippen molar-refractivity contribution >= 4 is 27.0 Å². The van der Waals surface area contributed by atoms with Gasteiger partial charge in [-0.25, -0.2) is 22.5 Å². The summed E-state index contributed by atoms with van der Waals surface area (Å²) in [5.74, 6) is -3.14. The van der Waals surface area contributed by atoms with E-state index in [4.69, 9.17) is 0 Å². The van der Waals surface area contributed by atoms with E-state index >= 15 is 0 Å². The molecular weight excluding hydrogens is 420 g/mol. The number of benzene rings is 1. The molecule has 0 aliphatic carbocycles. The van der Waals surface area contributed by atoms with E-state index in [0.717, 1.165) is 17.5 Å². The van der Waals surface area contributed by atoms with Crippen LogP contribution in [0.4, 0.5) is 17.6 Å². The standard InChI is InChI=1S/C16H16F4N4O4S/c1-2-29(26,27)23-9-4-3-5-24(8-9)15(25)14-21-11-6-10(17)13(7-12(11)22-14)28-16(18,19)20/h2,6-7,9,23H,1,3-5,8H2,(H,21,22)/t9-/m1/s1. The molecule has 1 aromatic heterocycles. The number of hydrogen-bond acceptors (Lipinski definition) is 5. The summed E-state index contributed by atoms with van der Waals surface area (Å²) in [5.41, 5.74) is -0.0730. The molecule has 0 radical (unpaired) electrons. The highest BCUT2D eigenvalue weighted by molar-refractivity contribution is 7.92. The van der Waals surface area contributed by atoms with E-state index in [0.29, 0.717) is 19.4 Å². The number of nitrogens with one attached hydrogen (secondary N) is 2. The van der Waals surface area contributed by atoms with Crippen LogP contribution in [0.2, 0.25) is 0 Å². The minimum absolute atomic E-state index is 0.0151. The highest BCUT2D eigenvalue weighted by Crippen LogP contribution is 2.29. The van der Waals surface area contributed by atoms with Gasteiger partial charge in [0.25, 0.3) is 5.91 Å². The molecular formula is C16H16F4N4O4S. The van der Waals surface area contributed by atoms with Crippen molar-refractivity contribution in [3.05, 3.63) is 35.8 Å². The molecule has 1 fully saturated rings. The van der Waals surface area contributed by atoms with Gasteiger partial charge in [-0.15, -0.1) is 13.2 Å². The van der Waals surface area contributed by atoms with Gasteiger partial charge in [-0.3, -0.25) is 4.79 Å². The Morgan fingerprint density at radius 2 is 2.14 bits per heavy atom. The molecule has 8 nitrogen and oxygen atoms in total. The first-order valence-electron chi connectivity index (χ1n) is 8.36. The van der Waals surface area contributed by atoms with E-state index < -0.39 is 39.9 Å². The number of carbonyl (C=O) groups is 1. The summed E-state index contributed by atoms with van der Waals surface area (Å²) in [6, 6.07) is 0.962. The van der Waals surface area contributed by atoms with E-state index in [9.17, 15) is 30.8 Å². The molecule has 158 valence electrons. The van der Waals surface area contributed by atoms with Crippen LogP contribution in [-0.2, 0) is 10.0 Å². The number of aromatic amines is 1. The highest BCUT2D eigenvalue weighted by atomic mass is 32.2. The molecule has 0 saturated carbocycles. The van der Waals surface area contributed by atoms with E-state index in [1.807, 2.05) is 0 Å². The number of carbonyl (C=O) groups excluding carboxylic acids is 1. The average molecular weight is 436 g/mol. The van der Waals surface area contributed by atoms with Crippen LogP contribution < -0.4 is 9.46 Å². The first-order valence-corrected chi connectivity index (χ1v) is 9.91. The third kappa shape index (κ3) is 5.03. The van der Waals surface area contributed by atoms with Gasteiger partial charge in [0.2, 0.25) is 10.0 Å². The highest BCUT2D eigenvalue weighted by Gasteiger charge is 2.33. The maximum absolute atomic E-state index is 13.8. The number of alkyl halides is 3. The molecule has 13 heteroatoms. The lowest BCUT2D eigenvalue weighted by Crippen LogP contribution is -2.49. The van der Waals surface area contributed by atoms with Gasteiger partial charge >= 0.3 is 6.36 Å². The maximum Gasteiger partial charge on any atom is 0.573 e. The van der Waals surface area contributed by atoms with Crippen LogP contribution in [0.3, 0.4) is 0 Å². The predicted molar refractivity (Wildman–Crippen MR) is 93.9 cm³/mol. The second-order valence-electron chi connectivity index (χ2n) is 6.35. The number of likely N-dealkylation sites (tertiary alicyclic amines) is 1. The third-order valence-corrected chi connectivity index (χ3v) is 5.32. The fourth-order valence-corrected chi connectivity index (χ4v) is 3.76. The SMILES string of the molecule is C=CS(=O)(=O)N[C@@H]1CCCN(C(=O)c2nc3cc(OC(F)(F)F)c(F)cc3[nH]2)C1. The minimum atomic E-state index is -5.08. The number of nitrogens with zero attached hydrogens (tertiary/aromatic N) is 2. The Morgan fingerprint density at radius 3 is 2.79 bits per heavy atom. The number of sulfonamides is 1. The van der Waals surface area contributed by atoms with Crippen LogP contribution in [0.15, 0.2) is 24.1 Å². The van der Waals surface area contributed by atoms with Crippen LogP contribution in [0.1, 0.15) is 23.5 Å². The predicted octanol–water partition coefficient (Wildman–Crippen LogP) is 2.27. The van der Waals surface area contributed by atoms with Crippen LogP contribution in [0.25, 0.3) is 11.0 Å². The maximum atomic E-state index is 13.8. The van der Waals surface area contributed by atoms with E-state index in [-0.39, 0.29) is 23.4 Å². The van der Waals surface area contributed by atoms with Crippen molar-refractivity contribution in [2.75, 3.05) is 13.1 Å². The van der Waals surface area contributed by atoms with Crippen LogP contribution in [-0.4, -0.2) is 54.7 Å². The average Bonchev–Trinajstić information content (AvgIpc) is 3.02. The van der Waals surface area contributed by atoms with Crippen LogP contribution >= 0.6 is 0 Å². The lowest BCUT2D eigenvalue weighted by atomic mass is 10.1. The Morgan fingerprint density at radius 1 is 1.41 bits per heavy atom. The number of amides is 1. The first-order chi connectivity index (χ1) is 13.5. The van der Waals surface area contributed by atoms with Crippen molar-refractivity contribution in [2.24, 2.45) is 0 Å². The molecule has 1 amide bonds. The van der Waals surface area contributed by atoms with Crippen LogP contribution in [0.5, 0.6) is 5.75 Å². The van der Waals surface area contributed by atoms with Crippen molar-refractivity contribution in [1.29, 1.82) is 0 Å². The summed E-state index contributed by atoms with van der Waals surface area (Å²) in [7, 11) is -3.67. The number of hydrogen-bond donors (Lipinski definition) is 2. The van der Waals surface area contributed by atoms with Gasteiger partial charge in [0.15, 0.2) is 17.4 Å². The number of imidazole rings is 1. The first kappa shape index (κ1) is 21.0. The smallest absolute Gasteiger partial charge is 0.403 e. The number of piperidine rings is 1. The molecule has 1 aromatic carbocycles. The topological polar surface area (TPSA) is 104 Å². The number of H-pyrrole nitrogens is 1. The molecule has 0 bridgehead atoms. The van der Waals surface area contributed by atoms with Gasteiger partial charge in [-0.1, -0.05) is 6.58 Å². The van der Waals surface area contributed by atoms with Crippen molar-refractivity contribution < 1.29 is 35.5 Å². The zero-order chi connectivity index (χ0) is 21.4. The van der Waals surface area contributed by atoms with Crippen LogP contribution in [0, 0.1) is 5.82 Å². The monoisotopic (exact) mass is 436 g/mol.